The largest absolute Gasteiger partial charge is 0.461 e. The highest BCUT2D eigenvalue weighted by Gasteiger charge is 2.36. The molecule has 24 heavy (non-hydrogen) atoms. The maximum atomic E-state index is 12.4. The molecule has 1 fully saturated rings. The van der Waals surface area contributed by atoms with Gasteiger partial charge in [-0.1, -0.05) is 19.1 Å². The van der Waals surface area contributed by atoms with E-state index in [1.807, 2.05) is 50.2 Å². The lowest BCUT2D eigenvalue weighted by atomic mass is 10.1. The van der Waals surface area contributed by atoms with Gasteiger partial charge in [-0.3, -0.25) is 4.79 Å². The highest BCUT2D eigenvalue weighted by Crippen LogP contribution is 2.47. The summed E-state index contributed by atoms with van der Waals surface area (Å²) in [5, 5.41) is 12.1. The van der Waals surface area contributed by atoms with Gasteiger partial charge in [0, 0.05) is 17.7 Å². The maximum absolute atomic E-state index is 12.4. The van der Waals surface area contributed by atoms with Gasteiger partial charge in [0.15, 0.2) is 0 Å². The molecule has 4 nitrogen and oxygen atoms in total. The van der Waals surface area contributed by atoms with Gasteiger partial charge in [-0.2, -0.15) is 5.26 Å². The summed E-state index contributed by atoms with van der Waals surface area (Å²) in [6, 6.07) is 11.4. The lowest BCUT2D eigenvalue weighted by Gasteiger charge is -2.09. The van der Waals surface area contributed by atoms with Gasteiger partial charge in [-0.25, -0.2) is 0 Å². The average molecular weight is 320 g/mol. The first-order valence-corrected chi connectivity index (χ1v) is 8.08. The van der Waals surface area contributed by atoms with Gasteiger partial charge in [0.05, 0.1) is 0 Å². The number of benzene rings is 1. The number of amides is 1. The number of nitrogens with one attached hydrogen (secondary N) is 1. The minimum absolute atomic E-state index is 0.0284. The second-order valence-electron chi connectivity index (χ2n) is 6.43. The summed E-state index contributed by atoms with van der Waals surface area (Å²) in [4.78, 5) is 12.4. The maximum Gasteiger partial charge on any atom is 0.266 e. The molecule has 1 heterocycles. The fourth-order valence-electron chi connectivity index (χ4n) is 2.73. The van der Waals surface area contributed by atoms with Crippen molar-refractivity contribution in [1.29, 1.82) is 5.26 Å². The minimum atomic E-state index is -0.427. The Hall–Kier alpha value is -2.80. The number of hydrogen-bond donors (Lipinski definition) is 1. The molecule has 1 amide bonds. The van der Waals surface area contributed by atoms with E-state index in [1.165, 1.54) is 6.08 Å². The Bertz CT molecular complexity index is 855. The van der Waals surface area contributed by atoms with E-state index < -0.39 is 5.91 Å². The Morgan fingerprint density at radius 2 is 2.08 bits per heavy atom. The van der Waals surface area contributed by atoms with E-state index in [-0.39, 0.29) is 5.57 Å². The van der Waals surface area contributed by atoms with E-state index in [0.717, 1.165) is 23.3 Å². The van der Waals surface area contributed by atoms with Crippen LogP contribution in [0.15, 0.2) is 40.3 Å². The van der Waals surface area contributed by atoms with Crippen LogP contribution < -0.4 is 5.32 Å². The highest BCUT2D eigenvalue weighted by molar-refractivity contribution is 6.09. The van der Waals surface area contributed by atoms with E-state index >= 15 is 0 Å². The van der Waals surface area contributed by atoms with Gasteiger partial charge in [-0.15, -0.1) is 0 Å². The van der Waals surface area contributed by atoms with Gasteiger partial charge in [0.1, 0.15) is 23.2 Å². The molecule has 1 aliphatic carbocycles. The predicted molar refractivity (Wildman–Crippen MR) is 93.4 cm³/mol. The summed E-state index contributed by atoms with van der Waals surface area (Å²) in [6.07, 6.45) is 2.63. The smallest absolute Gasteiger partial charge is 0.266 e. The van der Waals surface area contributed by atoms with Crippen LogP contribution in [0, 0.1) is 31.1 Å². The monoisotopic (exact) mass is 320 g/mol. The van der Waals surface area contributed by atoms with Crippen molar-refractivity contribution in [3.8, 4) is 6.07 Å². The number of nitriles is 1. The van der Waals surface area contributed by atoms with Gasteiger partial charge in [0.2, 0.25) is 0 Å². The molecule has 1 aromatic carbocycles. The molecule has 0 bridgehead atoms. The normalized spacial score (nSPS) is 19.7. The summed E-state index contributed by atoms with van der Waals surface area (Å²) in [6.45, 7) is 6.10. The number of nitrogens with zero attached hydrogens (tertiary/aromatic N) is 1. The molecule has 4 heteroatoms. The molecule has 0 spiro atoms. The van der Waals surface area contributed by atoms with Gasteiger partial charge < -0.3 is 9.73 Å². The molecule has 1 saturated carbocycles. The Morgan fingerprint density at radius 1 is 1.33 bits per heavy atom. The van der Waals surface area contributed by atoms with E-state index in [2.05, 4.69) is 12.2 Å². The number of furan rings is 1. The van der Waals surface area contributed by atoms with E-state index in [1.54, 1.807) is 0 Å². The first-order valence-electron chi connectivity index (χ1n) is 8.08. The lowest BCUT2D eigenvalue weighted by molar-refractivity contribution is -0.112. The topological polar surface area (TPSA) is 66.0 Å². The van der Waals surface area contributed by atoms with Gasteiger partial charge >= 0.3 is 0 Å². The van der Waals surface area contributed by atoms with Crippen LogP contribution in [0.3, 0.4) is 0 Å². The first-order chi connectivity index (χ1) is 11.5. The molecule has 1 N–H and O–H groups in total. The van der Waals surface area contributed by atoms with Crippen molar-refractivity contribution >= 4 is 17.7 Å². The summed E-state index contributed by atoms with van der Waals surface area (Å²) >= 11 is 0. The Morgan fingerprint density at radius 3 is 2.75 bits per heavy atom. The second-order valence-corrected chi connectivity index (χ2v) is 6.43. The molecule has 2 aromatic rings. The standard InChI is InChI=1S/C20H20N2O2/c1-12-5-4-6-18(14(12)3)22-20(23)15(11-21)10-16-7-8-19(24-16)17-9-13(17)2/h4-8,10,13,17H,9H2,1-3H3,(H,22,23)/b15-10+/t13-,17-/m1/s1. The SMILES string of the molecule is Cc1cccc(NC(=O)/C(C#N)=C/c2ccc([C@@H]3C[C@H]3C)o2)c1C. The molecule has 3 rings (SSSR count). The van der Waals surface area contributed by atoms with Crippen LogP contribution in [-0.4, -0.2) is 5.91 Å². The molecule has 0 aliphatic heterocycles. The molecule has 122 valence electrons. The molecule has 1 aromatic heterocycles. The lowest BCUT2D eigenvalue weighted by Crippen LogP contribution is -2.14. The van der Waals surface area contributed by atoms with Crippen molar-refractivity contribution in [1.82, 2.24) is 0 Å². The number of aryl methyl sites for hydroxylation is 1. The zero-order valence-corrected chi connectivity index (χ0v) is 14.1. The molecular weight excluding hydrogens is 300 g/mol. The van der Waals surface area contributed by atoms with E-state index in [0.29, 0.717) is 23.3 Å². The molecule has 0 radical (unpaired) electrons. The van der Waals surface area contributed by atoms with Crippen LogP contribution in [-0.2, 0) is 4.79 Å². The van der Waals surface area contributed by atoms with E-state index in [4.69, 9.17) is 4.42 Å². The third-order valence-electron chi connectivity index (χ3n) is 4.63. The number of carbonyl (C=O) groups excluding carboxylic acids is 1. The van der Waals surface area contributed by atoms with Gasteiger partial charge in [0.25, 0.3) is 5.91 Å². The summed E-state index contributed by atoms with van der Waals surface area (Å²) in [5.74, 6) is 2.17. The third kappa shape index (κ3) is 3.26. The van der Waals surface area contributed by atoms with Crippen LogP contribution >= 0.6 is 0 Å². The number of carbonyl (C=O) groups is 1. The molecule has 1 aliphatic rings. The van der Waals surface area contributed by atoms with E-state index in [9.17, 15) is 10.1 Å². The predicted octanol–water partition coefficient (Wildman–Crippen LogP) is 4.57. The van der Waals surface area contributed by atoms with Crippen molar-refractivity contribution in [3.63, 3.8) is 0 Å². The second kappa shape index (κ2) is 6.37. The van der Waals surface area contributed by atoms with Crippen molar-refractivity contribution in [3.05, 3.63) is 58.6 Å². The summed E-state index contributed by atoms with van der Waals surface area (Å²) < 4.78 is 5.75. The summed E-state index contributed by atoms with van der Waals surface area (Å²) in [5.41, 5.74) is 2.82. The molecule has 2 atom stereocenters. The summed E-state index contributed by atoms with van der Waals surface area (Å²) in [7, 11) is 0. The first kappa shape index (κ1) is 16.1. The van der Waals surface area contributed by atoms with Gasteiger partial charge in [-0.05, 0) is 55.5 Å². The minimum Gasteiger partial charge on any atom is -0.461 e. The zero-order chi connectivity index (χ0) is 17.3. The number of rotatable bonds is 4. The van der Waals surface area contributed by atoms with Crippen LogP contribution in [0.1, 0.15) is 41.9 Å². The number of anilines is 1. The van der Waals surface area contributed by atoms with Crippen molar-refractivity contribution < 1.29 is 9.21 Å². The van der Waals surface area contributed by atoms with Crippen molar-refractivity contribution in [2.75, 3.05) is 5.32 Å². The molecular formula is C20H20N2O2. The highest BCUT2D eigenvalue weighted by atomic mass is 16.3. The Labute approximate surface area is 141 Å². The van der Waals surface area contributed by atoms with Crippen LogP contribution in [0.5, 0.6) is 0 Å². The quantitative estimate of drug-likeness (QED) is 0.663. The fourth-order valence-corrected chi connectivity index (χ4v) is 2.73. The van der Waals surface area contributed by atoms with Crippen molar-refractivity contribution in [2.45, 2.75) is 33.1 Å². The fraction of sp³-hybridized carbons (Fsp3) is 0.300. The Kier molecular flexibility index (Phi) is 4.26. The van der Waals surface area contributed by atoms with Crippen LogP contribution in [0.2, 0.25) is 0 Å². The molecule has 0 unspecified atom stereocenters. The number of hydrogen-bond acceptors (Lipinski definition) is 3. The van der Waals surface area contributed by atoms with Crippen LogP contribution in [0.25, 0.3) is 6.08 Å². The van der Waals surface area contributed by atoms with Crippen LogP contribution in [0.4, 0.5) is 5.69 Å². The van der Waals surface area contributed by atoms with Crippen molar-refractivity contribution in [2.24, 2.45) is 5.92 Å². The third-order valence-corrected chi connectivity index (χ3v) is 4.63. The Balaban J connectivity index is 1.78. The average Bonchev–Trinajstić information content (AvgIpc) is 3.10. The zero-order valence-electron chi connectivity index (χ0n) is 14.1. The molecule has 0 saturated heterocycles.